The molecule has 2 unspecified atom stereocenters. The Kier molecular flexibility index (Phi) is 3.53. The summed E-state index contributed by atoms with van der Waals surface area (Å²) in [6.07, 6.45) is -5.93. The Morgan fingerprint density at radius 1 is 0.947 bits per heavy atom. The van der Waals surface area contributed by atoms with E-state index in [0.29, 0.717) is 0 Å². The Hall–Kier alpha value is -1.02. The Morgan fingerprint density at radius 3 is 2.42 bits per heavy atom. The summed E-state index contributed by atoms with van der Waals surface area (Å²) in [5, 5.41) is 29.0. The Labute approximate surface area is 110 Å². The molecule has 2 fully saturated rings. The highest BCUT2D eigenvalue weighted by molar-refractivity contribution is 5.16. The zero-order valence-electron chi connectivity index (χ0n) is 10.1. The van der Waals surface area contributed by atoms with Gasteiger partial charge < -0.3 is 29.5 Å². The molecule has 2 saturated heterocycles. The molecule has 1 aromatic carbocycles. The lowest BCUT2D eigenvalue weighted by atomic mass is 9.98. The molecule has 6 nitrogen and oxygen atoms in total. The van der Waals surface area contributed by atoms with Crippen LogP contribution in [0, 0.1) is 0 Å². The number of aliphatic hydroxyl groups excluding tert-OH is 3. The fourth-order valence-corrected chi connectivity index (χ4v) is 2.37. The number of benzene rings is 1. The van der Waals surface area contributed by atoms with Crippen molar-refractivity contribution >= 4 is 0 Å². The van der Waals surface area contributed by atoms with E-state index in [1.807, 2.05) is 30.3 Å². The second-order valence-electron chi connectivity index (χ2n) is 4.72. The van der Waals surface area contributed by atoms with Crippen molar-refractivity contribution in [2.75, 3.05) is 6.61 Å². The summed E-state index contributed by atoms with van der Waals surface area (Å²) in [7, 11) is 0. The molecule has 6 heteroatoms. The first-order valence-corrected chi connectivity index (χ1v) is 6.18. The summed E-state index contributed by atoms with van der Waals surface area (Å²) < 4.78 is 16.3. The Morgan fingerprint density at radius 2 is 1.68 bits per heavy atom. The third-order valence-corrected chi connectivity index (χ3v) is 3.42. The Bertz CT molecular complexity index is 422. The van der Waals surface area contributed by atoms with Gasteiger partial charge in [-0.05, 0) is 0 Å². The van der Waals surface area contributed by atoms with Gasteiger partial charge in [-0.25, -0.2) is 0 Å². The molecule has 6 atom stereocenters. The summed E-state index contributed by atoms with van der Waals surface area (Å²) in [5.74, 6) is 0. The SMILES string of the molecule is O[C@H]1[C@H](O)C2O[C@@H](c3ccccc3)OCC2O[C@@H]1O. The van der Waals surface area contributed by atoms with E-state index in [1.165, 1.54) is 0 Å². The molecule has 0 spiro atoms. The average molecular weight is 268 g/mol. The average Bonchev–Trinajstić information content (AvgIpc) is 2.46. The maximum Gasteiger partial charge on any atom is 0.184 e. The molecule has 104 valence electrons. The first-order chi connectivity index (χ1) is 9.16. The zero-order chi connectivity index (χ0) is 13.4. The van der Waals surface area contributed by atoms with E-state index in [9.17, 15) is 15.3 Å². The van der Waals surface area contributed by atoms with Crippen LogP contribution in [0.4, 0.5) is 0 Å². The fraction of sp³-hybridized carbons (Fsp3) is 0.538. The van der Waals surface area contributed by atoms with Gasteiger partial charge in [0.25, 0.3) is 0 Å². The zero-order valence-corrected chi connectivity index (χ0v) is 10.1. The van der Waals surface area contributed by atoms with E-state index in [0.717, 1.165) is 5.56 Å². The van der Waals surface area contributed by atoms with Gasteiger partial charge in [-0.3, -0.25) is 0 Å². The van der Waals surface area contributed by atoms with Gasteiger partial charge in [-0.15, -0.1) is 0 Å². The van der Waals surface area contributed by atoms with Gasteiger partial charge in [0.1, 0.15) is 24.4 Å². The highest BCUT2D eigenvalue weighted by Gasteiger charge is 2.48. The minimum Gasteiger partial charge on any atom is -0.387 e. The number of hydrogen-bond acceptors (Lipinski definition) is 6. The second-order valence-corrected chi connectivity index (χ2v) is 4.72. The fourth-order valence-electron chi connectivity index (χ4n) is 2.37. The van der Waals surface area contributed by atoms with E-state index in [1.54, 1.807) is 0 Å². The molecule has 0 amide bonds. The maximum absolute atomic E-state index is 9.94. The van der Waals surface area contributed by atoms with Gasteiger partial charge in [-0.1, -0.05) is 30.3 Å². The minimum atomic E-state index is -1.42. The molecular weight excluding hydrogens is 252 g/mol. The largest absolute Gasteiger partial charge is 0.387 e. The number of fused-ring (bicyclic) bond motifs is 1. The van der Waals surface area contributed by atoms with Crippen molar-refractivity contribution in [3.8, 4) is 0 Å². The molecule has 2 aliphatic heterocycles. The molecule has 0 bridgehead atoms. The predicted octanol–water partition coefficient (Wildman–Crippen LogP) is -0.460. The van der Waals surface area contributed by atoms with E-state index in [-0.39, 0.29) is 6.61 Å². The van der Waals surface area contributed by atoms with Crippen molar-refractivity contribution in [2.45, 2.75) is 37.0 Å². The molecule has 3 rings (SSSR count). The van der Waals surface area contributed by atoms with Crippen molar-refractivity contribution in [3.05, 3.63) is 35.9 Å². The quantitative estimate of drug-likeness (QED) is 0.639. The third-order valence-electron chi connectivity index (χ3n) is 3.42. The molecule has 1 aromatic rings. The van der Waals surface area contributed by atoms with Crippen molar-refractivity contribution in [1.29, 1.82) is 0 Å². The summed E-state index contributed by atoms with van der Waals surface area (Å²) >= 11 is 0. The van der Waals surface area contributed by atoms with Gasteiger partial charge in [0.15, 0.2) is 12.6 Å². The van der Waals surface area contributed by atoms with E-state index in [4.69, 9.17) is 14.2 Å². The molecule has 3 N–H and O–H groups in total. The summed E-state index contributed by atoms with van der Waals surface area (Å²) in [5.41, 5.74) is 0.828. The maximum atomic E-state index is 9.94. The highest BCUT2D eigenvalue weighted by Crippen LogP contribution is 2.33. The van der Waals surface area contributed by atoms with Crippen molar-refractivity contribution in [3.63, 3.8) is 0 Å². The summed E-state index contributed by atoms with van der Waals surface area (Å²) in [6.45, 7) is 0.186. The van der Waals surface area contributed by atoms with Crippen LogP contribution in [0.25, 0.3) is 0 Å². The summed E-state index contributed by atoms with van der Waals surface area (Å²) in [6, 6.07) is 9.31. The normalized spacial score (nSPS) is 42.7. The smallest absolute Gasteiger partial charge is 0.184 e. The topological polar surface area (TPSA) is 88.4 Å². The van der Waals surface area contributed by atoms with Gasteiger partial charge >= 0.3 is 0 Å². The van der Waals surface area contributed by atoms with Crippen molar-refractivity contribution in [1.82, 2.24) is 0 Å². The van der Waals surface area contributed by atoms with E-state index >= 15 is 0 Å². The number of rotatable bonds is 1. The number of ether oxygens (including phenoxy) is 3. The molecular formula is C13H16O6. The van der Waals surface area contributed by atoms with Crippen LogP contribution in [0.2, 0.25) is 0 Å². The van der Waals surface area contributed by atoms with Gasteiger partial charge in [0, 0.05) is 5.56 Å². The first kappa shape index (κ1) is 13.0. The third kappa shape index (κ3) is 2.38. The lowest BCUT2D eigenvalue weighted by molar-refractivity contribution is -0.354. The minimum absolute atomic E-state index is 0.186. The lowest BCUT2D eigenvalue weighted by Gasteiger charge is -2.45. The van der Waals surface area contributed by atoms with Crippen LogP contribution in [-0.4, -0.2) is 52.6 Å². The van der Waals surface area contributed by atoms with Crippen LogP contribution in [0.3, 0.4) is 0 Å². The molecule has 0 radical (unpaired) electrons. The lowest BCUT2D eigenvalue weighted by Crippen LogP contribution is -2.61. The van der Waals surface area contributed by atoms with Crippen LogP contribution in [0.1, 0.15) is 11.9 Å². The van der Waals surface area contributed by atoms with E-state index < -0.39 is 37.0 Å². The number of hydrogen-bond donors (Lipinski definition) is 3. The van der Waals surface area contributed by atoms with Crippen molar-refractivity contribution in [2.24, 2.45) is 0 Å². The molecule has 0 aromatic heterocycles. The second kappa shape index (κ2) is 5.16. The van der Waals surface area contributed by atoms with Crippen LogP contribution in [-0.2, 0) is 14.2 Å². The van der Waals surface area contributed by atoms with Gasteiger partial charge in [0.2, 0.25) is 0 Å². The van der Waals surface area contributed by atoms with Crippen LogP contribution >= 0.6 is 0 Å². The molecule has 0 aliphatic carbocycles. The predicted molar refractivity (Wildman–Crippen MR) is 62.9 cm³/mol. The molecule has 19 heavy (non-hydrogen) atoms. The van der Waals surface area contributed by atoms with Crippen LogP contribution in [0.15, 0.2) is 30.3 Å². The molecule has 2 aliphatic rings. The standard InChI is InChI=1S/C13H16O6/c14-9-10(15)12(16)18-8-6-17-13(19-11(8)9)7-4-2-1-3-5-7/h1-5,8-16H,6H2/t8?,9-,10-,11?,12-,13-/m0/s1. The van der Waals surface area contributed by atoms with Gasteiger partial charge in [0.05, 0.1) is 6.61 Å². The number of aliphatic hydroxyl groups is 3. The van der Waals surface area contributed by atoms with Gasteiger partial charge in [-0.2, -0.15) is 0 Å². The van der Waals surface area contributed by atoms with Crippen molar-refractivity contribution < 1.29 is 29.5 Å². The van der Waals surface area contributed by atoms with E-state index in [2.05, 4.69) is 0 Å². The molecule has 2 heterocycles. The molecule has 0 saturated carbocycles. The van der Waals surface area contributed by atoms with Crippen LogP contribution < -0.4 is 0 Å². The Balaban J connectivity index is 1.75. The monoisotopic (exact) mass is 268 g/mol. The first-order valence-electron chi connectivity index (χ1n) is 6.18. The van der Waals surface area contributed by atoms with Crippen LogP contribution in [0.5, 0.6) is 0 Å². The summed E-state index contributed by atoms with van der Waals surface area (Å²) in [4.78, 5) is 0. The highest BCUT2D eigenvalue weighted by atomic mass is 16.7.